The molecule has 2 rings (SSSR count). The van der Waals surface area contributed by atoms with Gasteiger partial charge in [0.05, 0.1) is 0 Å². The van der Waals surface area contributed by atoms with Gasteiger partial charge in [0.2, 0.25) is 0 Å². The van der Waals surface area contributed by atoms with Crippen molar-refractivity contribution < 1.29 is 14.7 Å². The first-order valence-electron chi connectivity index (χ1n) is 8.90. The molecular weight excluding hydrogens is 318 g/mol. The van der Waals surface area contributed by atoms with Crippen LogP contribution in [0.1, 0.15) is 43.2 Å². The largest absolute Gasteiger partial charge is 0.483 e. The molecule has 0 atom stereocenters. The van der Waals surface area contributed by atoms with Crippen LogP contribution in [0.4, 0.5) is 4.79 Å². The summed E-state index contributed by atoms with van der Waals surface area (Å²) < 4.78 is 0. The summed E-state index contributed by atoms with van der Waals surface area (Å²) in [6.45, 7) is 3.07. The lowest BCUT2D eigenvalue weighted by molar-refractivity contribution is -0.122. The van der Waals surface area contributed by atoms with Crippen molar-refractivity contribution in [2.24, 2.45) is 0 Å². The van der Waals surface area contributed by atoms with E-state index in [0.29, 0.717) is 6.54 Å². The van der Waals surface area contributed by atoms with E-state index in [-0.39, 0.29) is 12.5 Å². The Bertz CT molecular complexity index is 512. The van der Waals surface area contributed by atoms with Gasteiger partial charge in [0.25, 0.3) is 6.47 Å². The van der Waals surface area contributed by atoms with E-state index < -0.39 is 0 Å². The first kappa shape index (κ1) is 21.0. The van der Waals surface area contributed by atoms with E-state index >= 15 is 0 Å². The molecule has 2 amide bonds. The van der Waals surface area contributed by atoms with Gasteiger partial charge in [0.1, 0.15) is 0 Å². The highest BCUT2D eigenvalue weighted by Gasteiger charge is 2.14. The fourth-order valence-corrected chi connectivity index (χ4v) is 2.94. The Morgan fingerprint density at radius 1 is 1.16 bits per heavy atom. The number of benzene rings is 1. The molecule has 1 heterocycles. The molecule has 0 unspecified atom stereocenters. The number of amides is 2. The predicted molar refractivity (Wildman–Crippen MR) is 99.4 cm³/mol. The molecule has 0 bridgehead atoms. The Morgan fingerprint density at radius 3 is 2.32 bits per heavy atom. The van der Waals surface area contributed by atoms with Crippen LogP contribution in [0.3, 0.4) is 0 Å². The van der Waals surface area contributed by atoms with E-state index in [9.17, 15) is 4.79 Å². The number of rotatable bonds is 4. The third kappa shape index (κ3) is 9.10. The standard InChI is InChI=1S/C18H29N3O.CH2O2/c1-20(2)15-17-10-8-9-16(13-17)14-19-18(22)21-11-6-4-3-5-7-12-21;2-1-3/h8-10,13H,3-7,11-12,14-15H2,1-2H3,(H,19,22);1H,(H,2,3). The summed E-state index contributed by atoms with van der Waals surface area (Å²) in [5.74, 6) is 0. The number of urea groups is 1. The van der Waals surface area contributed by atoms with Crippen LogP contribution in [-0.2, 0) is 17.9 Å². The zero-order valence-electron chi connectivity index (χ0n) is 15.4. The third-order valence-electron chi connectivity index (χ3n) is 4.08. The second-order valence-corrected chi connectivity index (χ2v) is 6.58. The van der Waals surface area contributed by atoms with Crippen LogP contribution in [0.25, 0.3) is 0 Å². The van der Waals surface area contributed by atoms with Crippen molar-refractivity contribution in [1.82, 2.24) is 15.1 Å². The van der Waals surface area contributed by atoms with Gasteiger partial charge in [-0.1, -0.05) is 43.5 Å². The van der Waals surface area contributed by atoms with E-state index in [1.807, 2.05) is 4.90 Å². The lowest BCUT2D eigenvalue weighted by Gasteiger charge is -2.25. The van der Waals surface area contributed by atoms with Gasteiger partial charge in [0, 0.05) is 26.2 Å². The van der Waals surface area contributed by atoms with Gasteiger partial charge in [-0.05, 0) is 38.1 Å². The Balaban J connectivity index is 0.000000970. The van der Waals surface area contributed by atoms with Crippen LogP contribution in [0.5, 0.6) is 0 Å². The molecule has 25 heavy (non-hydrogen) atoms. The molecule has 6 heteroatoms. The third-order valence-corrected chi connectivity index (χ3v) is 4.08. The van der Waals surface area contributed by atoms with Crippen LogP contribution in [0.15, 0.2) is 24.3 Å². The van der Waals surface area contributed by atoms with Crippen molar-refractivity contribution in [2.75, 3.05) is 27.2 Å². The van der Waals surface area contributed by atoms with Gasteiger partial charge >= 0.3 is 6.03 Å². The maximum absolute atomic E-state index is 12.3. The van der Waals surface area contributed by atoms with Gasteiger partial charge in [-0.2, -0.15) is 0 Å². The Labute approximate surface area is 150 Å². The van der Waals surface area contributed by atoms with Gasteiger partial charge in [-0.3, -0.25) is 4.79 Å². The number of hydrogen-bond acceptors (Lipinski definition) is 3. The molecule has 1 aromatic carbocycles. The Morgan fingerprint density at radius 2 is 1.72 bits per heavy atom. The van der Waals surface area contributed by atoms with Crippen LogP contribution in [0, 0.1) is 0 Å². The second-order valence-electron chi connectivity index (χ2n) is 6.58. The van der Waals surface area contributed by atoms with Crippen LogP contribution in [0.2, 0.25) is 0 Å². The molecule has 0 radical (unpaired) electrons. The molecule has 0 aliphatic carbocycles. The first-order chi connectivity index (χ1) is 12.1. The lowest BCUT2D eigenvalue weighted by atomic mass is 10.1. The number of nitrogens with zero attached hydrogens (tertiary/aromatic N) is 2. The summed E-state index contributed by atoms with van der Waals surface area (Å²) in [6, 6.07) is 8.53. The number of nitrogens with one attached hydrogen (secondary N) is 1. The molecule has 0 saturated carbocycles. The van der Waals surface area contributed by atoms with Gasteiger partial charge in [-0.15, -0.1) is 0 Å². The highest BCUT2D eigenvalue weighted by atomic mass is 16.3. The van der Waals surface area contributed by atoms with Crippen molar-refractivity contribution >= 4 is 12.5 Å². The molecule has 1 aliphatic rings. The second kappa shape index (κ2) is 12.3. The monoisotopic (exact) mass is 349 g/mol. The summed E-state index contributed by atoms with van der Waals surface area (Å²) >= 11 is 0. The fraction of sp³-hybridized carbons (Fsp3) is 0.579. The van der Waals surface area contributed by atoms with Crippen molar-refractivity contribution in [3.63, 3.8) is 0 Å². The number of carbonyl (C=O) groups excluding carboxylic acids is 1. The summed E-state index contributed by atoms with van der Waals surface area (Å²) in [5, 5.41) is 9.96. The maximum Gasteiger partial charge on any atom is 0.317 e. The average molecular weight is 349 g/mol. The molecule has 1 aromatic rings. The number of carbonyl (C=O) groups is 2. The zero-order chi connectivity index (χ0) is 18.5. The van der Waals surface area contributed by atoms with Gasteiger partial charge < -0.3 is 20.2 Å². The van der Waals surface area contributed by atoms with E-state index in [0.717, 1.165) is 32.5 Å². The quantitative estimate of drug-likeness (QED) is 0.820. The van der Waals surface area contributed by atoms with Crippen molar-refractivity contribution in [2.45, 2.75) is 45.2 Å². The lowest BCUT2D eigenvalue weighted by Crippen LogP contribution is -2.41. The minimum Gasteiger partial charge on any atom is -0.483 e. The molecule has 0 spiro atoms. The minimum atomic E-state index is -0.250. The summed E-state index contributed by atoms with van der Waals surface area (Å²) in [7, 11) is 4.13. The molecule has 0 aromatic heterocycles. The minimum absolute atomic E-state index is 0.0833. The van der Waals surface area contributed by atoms with Gasteiger partial charge in [0.15, 0.2) is 0 Å². The summed E-state index contributed by atoms with van der Waals surface area (Å²) in [4.78, 5) is 24.8. The topological polar surface area (TPSA) is 72.9 Å². The van der Waals surface area contributed by atoms with E-state index in [2.05, 4.69) is 48.6 Å². The molecule has 1 aliphatic heterocycles. The number of carboxylic acid groups (broad SMARTS) is 1. The fourth-order valence-electron chi connectivity index (χ4n) is 2.94. The predicted octanol–water partition coefficient (Wildman–Crippen LogP) is 2.92. The first-order valence-corrected chi connectivity index (χ1v) is 8.90. The summed E-state index contributed by atoms with van der Waals surface area (Å²) in [6.07, 6.45) is 6.07. The van der Waals surface area contributed by atoms with E-state index in [1.54, 1.807) is 0 Å². The highest BCUT2D eigenvalue weighted by molar-refractivity contribution is 5.74. The van der Waals surface area contributed by atoms with Crippen LogP contribution >= 0.6 is 0 Å². The highest BCUT2D eigenvalue weighted by Crippen LogP contribution is 2.11. The van der Waals surface area contributed by atoms with Crippen LogP contribution in [-0.4, -0.2) is 54.6 Å². The van der Waals surface area contributed by atoms with Crippen molar-refractivity contribution in [3.05, 3.63) is 35.4 Å². The molecular formula is C19H31N3O3. The Kier molecular flexibility index (Phi) is 10.3. The number of hydrogen-bond donors (Lipinski definition) is 2. The van der Waals surface area contributed by atoms with Crippen LogP contribution < -0.4 is 5.32 Å². The number of likely N-dealkylation sites (tertiary alicyclic amines) is 1. The summed E-state index contributed by atoms with van der Waals surface area (Å²) in [5.41, 5.74) is 2.45. The van der Waals surface area contributed by atoms with E-state index in [1.165, 1.54) is 30.4 Å². The van der Waals surface area contributed by atoms with E-state index in [4.69, 9.17) is 9.90 Å². The zero-order valence-corrected chi connectivity index (χ0v) is 15.4. The average Bonchev–Trinajstić information content (AvgIpc) is 2.53. The molecule has 6 nitrogen and oxygen atoms in total. The van der Waals surface area contributed by atoms with Crippen molar-refractivity contribution in [1.29, 1.82) is 0 Å². The Hall–Kier alpha value is -2.08. The molecule has 140 valence electrons. The smallest absolute Gasteiger partial charge is 0.317 e. The van der Waals surface area contributed by atoms with Crippen molar-refractivity contribution in [3.8, 4) is 0 Å². The maximum atomic E-state index is 12.3. The van der Waals surface area contributed by atoms with Gasteiger partial charge in [-0.25, -0.2) is 4.79 Å². The molecule has 2 N–H and O–H groups in total. The molecule has 1 fully saturated rings. The normalized spacial score (nSPS) is 14.8. The molecule has 1 saturated heterocycles. The SMILES string of the molecule is CN(C)Cc1cccc(CNC(=O)N2CCCCCCC2)c1.O=CO.